The second-order valence-electron chi connectivity index (χ2n) is 16.0. The van der Waals surface area contributed by atoms with Crippen LogP contribution in [0.2, 0.25) is 5.02 Å². The number of aromatic nitrogens is 2. The fraction of sp³-hybridized carbons (Fsp3) is 0.457. The predicted molar refractivity (Wildman–Crippen MR) is 242 cm³/mol. The molecule has 1 atom stereocenters. The molecule has 5 amide bonds. The summed E-state index contributed by atoms with van der Waals surface area (Å²) in [4.78, 5) is 74.1. The summed E-state index contributed by atoms with van der Waals surface area (Å²) in [6.07, 6.45) is 4.45. The maximum atomic E-state index is 14.6. The molecule has 1 unspecified atom stereocenters. The highest BCUT2D eigenvalue weighted by atomic mass is 35.5. The molecular formula is C46H53ClFN7O10S. The maximum Gasteiger partial charge on any atom is 0.255 e. The first kappa shape index (κ1) is 48.4. The van der Waals surface area contributed by atoms with E-state index in [1.165, 1.54) is 22.3 Å². The van der Waals surface area contributed by atoms with Crippen LogP contribution in [0.5, 0.6) is 5.75 Å². The van der Waals surface area contributed by atoms with Gasteiger partial charge in [-0.15, -0.1) is 11.3 Å². The third kappa shape index (κ3) is 13.1. The van der Waals surface area contributed by atoms with Crippen LogP contribution in [0.15, 0.2) is 66.2 Å². The summed E-state index contributed by atoms with van der Waals surface area (Å²) in [6, 6.07) is 14.6. The fourth-order valence-electron chi connectivity index (χ4n) is 8.16. The normalized spacial score (nSPS) is 19.3. The molecule has 4 heterocycles. The third-order valence-corrected chi connectivity index (χ3v) is 12.5. The van der Waals surface area contributed by atoms with E-state index in [1.54, 1.807) is 36.5 Å². The van der Waals surface area contributed by atoms with Crippen molar-refractivity contribution in [2.45, 2.75) is 70.1 Å². The lowest BCUT2D eigenvalue weighted by molar-refractivity contribution is -0.137. The minimum atomic E-state index is -0.763. The number of benzene rings is 2. The minimum absolute atomic E-state index is 0.00555. The number of amides is 5. The summed E-state index contributed by atoms with van der Waals surface area (Å²) in [5.41, 5.74) is 1.54. The zero-order valence-corrected chi connectivity index (χ0v) is 37.9. The van der Waals surface area contributed by atoms with Crippen LogP contribution in [0.25, 0.3) is 0 Å². The Labute approximate surface area is 390 Å². The molecule has 1 saturated heterocycles. The van der Waals surface area contributed by atoms with Crippen molar-refractivity contribution in [1.29, 1.82) is 0 Å². The monoisotopic (exact) mass is 949 g/mol. The highest BCUT2D eigenvalue weighted by Gasteiger charge is 2.43. The first-order valence-electron chi connectivity index (χ1n) is 22.0. The van der Waals surface area contributed by atoms with Crippen molar-refractivity contribution in [1.82, 2.24) is 25.5 Å². The van der Waals surface area contributed by atoms with Crippen LogP contribution in [0.4, 0.5) is 21.0 Å². The van der Waals surface area contributed by atoms with Crippen molar-refractivity contribution < 1.29 is 52.0 Å². The lowest BCUT2D eigenvalue weighted by Crippen LogP contribution is -2.52. The second kappa shape index (κ2) is 23.7. The largest absolute Gasteiger partial charge is 0.487 e. The molecule has 7 rings (SSSR count). The van der Waals surface area contributed by atoms with Gasteiger partial charge >= 0.3 is 0 Å². The molecule has 1 saturated carbocycles. The van der Waals surface area contributed by atoms with Crippen LogP contribution in [0, 0.1) is 11.2 Å². The van der Waals surface area contributed by atoms with Gasteiger partial charge in [-0.1, -0.05) is 29.8 Å². The first-order valence-corrected chi connectivity index (χ1v) is 23.2. The average molecular weight is 950 g/mol. The van der Waals surface area contributed by atoms with Crippen LogP contribution in [-0.2, 0) is 51.1 Å². The smallest absolute Gasteiger partial charge is 0.255 e. The van der Waals surface area contributed by atoms with Gasteiger partial charge in [0.15, 0.2) is 16.7 Å². The van der Waals surface area contributed by atoms with Crippen molar-refractivity contribution in [3.05, 3.63) is 93.8 Å². The van der Waals surface area contributed by atoms with Gasteiger partial charge in [-0.2, -0.15) is 0 Å². The number of halogens is 2. The Bertz CT molecular complexity index is 2320. The van der Waals surface area contributed by atoms with Gasteiger partial charge in [0, 0.05) is 60.0 Å². The molecule has 0 radical (unpaired) electrons. The number of nitrogens with zero attached hydrogens (tertiary/aromatic N) is 3. The van der Waals surface area contributed by atoms with Crippen molar-refractivity contribution >= 4 is 69.1 Å². The lowest BCUT2D eigenvalue weighted by Gasteiger charge is -2.39. The summed E-state index contributed by atoms with van der Waals surface area (Å²) in [6.45, 7) is 2.87. The van der Waals surface area contributed by atoms with Crippen molar-refractivity contribution in [3.8, 4) is 5.75 Å². The standard InChI is InChI=1S/C46H53ClFN7O10S/c47-34-6-3-8-37(41(34)48)65-31-12-15-46(16-13-31,28-30-4-1-9-38(51-30)53-45-50-18-27-66-45)44(60)49-17-20-62-22-24-64-26-25-63-23-21-61-19-14-40(57)52-35-7-2-5-32-33(35)29-55(43(32)59)36-10-11-39(56)54-42(36)58/h1-9,18,27,31,36H,10-17,19-26,28-29H2,(H,49,60)(H,52,57)(H,50,51,53)(H,54,56,58). The zero-order chi connectivity index (χ0) is 46.3. The quantitative estimate of drug-likeness (QED) is 0.0499. The summed E-state index contributed by atoms with van der Waals surface area (Å²) >= 11 is 7.44. The molecule has 4 aromatic rings. The van der Waals surface area contributed by atoms with Gasteiger partial charge in [0.05, 0.1) is 75.8 Å². The number of fused-ring (bicyclic) bond motifs is 1. The number of pyridine rings is 1. The maximum absolute atomic E-state index is 14.6. The van der Waals surface area contributed by atoms with Crippen molar-refractivity contribution in [2.24, 2.45) is 5.41 Å². The van der Waals surface area contributed by atoms with E-state index in [9.17, 15) is 28.4 Å². The van der Waals surface area contributed by atoms with E-state index in [0.717, 1.165) is 10.8 Å². The molecule has 66 heavy (non-hydrogen) atoms. The number of imide groups is 1. The topological polar surface area (TPSA) is 209 Å². The van der Waals surface area contributed by atoms with Crippen molar-refractivity contribution in [3.63, 3.8) is 0 Å². The molecule has 0 bridgehead atoms. The Kier molecular flexibility index (Phi) is 17.4. The number of anilines is 3. The Morgan fingerprint density at radius 2 is 1.61 bits per heavy atom. The highest BCUT2D eigenvalue weighted by molar-refractivity contribution is 7.13. The molecule has 3 aliphatic rings. The number of ether oxygens (including phenoxy) is 5. The van der Waals surface area contributed by atoms with E-state index in [-0.39, 0.29) is 79.5 Å². The molecule has 1 aliphatic carbocycles. The van der Waals surface area contributed by atoms with E-state index in [0.29, 0.717) is 101 Å². The van der Waals surface area contributed by atoms with Gasteiger partial charge in [-0.25, -0.2) is 14.4 Å². The Balaban J connectivity index is 0.745. The number of piperidine rings is 1. The molecule has 20 heteroatoms. The van der Waals surface area contributed by atoms with Gasteiger partial charge in [0.2, 0.25) is 23.6 Å². The van der Waals surface area contributed by atoms with Gasteiger partial charge in [0.25, 0.3) is 5.91 Å². The van der Waals surface area contributed by atoms with Gasteiger partial charge < -0.3 is 44.5 Å². The van der Waals surface area contributed by atoms with Gasteiger partial charge in [-0.05, 0) is 68.5 Å². The van der Waals surface area contributed by atoms with Crippen LogP contribution in [0.1, 0.15) is 66.6 Å². The van der Waals surface area contributed by atoms with Crippen LogP contribution < -0.4 is 26.0 Å². The first-order chi connectivity index (χ1) is 32.1. The predicted octanol–water partition coefficient (Wildman–Crippen LogP) is 5.60. The average Bonchev–Trinajstić information content (AvgIpc) is 3.95. The number of hydrogen-bond donors (Lipinski definition) is 4. The van der Waals surface area contributed by atoms with E-state index >= 15 is 0 Å². The summed E-state index contributed by atoms with van der Waals surface area (Å²) in [5, 5.41) is 14.0. The number of rotatable bonds is 24. The third-order valence-electron chi connectivity index (χ3n) is 11.6. The SMILES string of the molecule is O=C1CCC(N2Cc3c(NC(=O)CCOCCOCCOCCOCCNC(=O)C4(Cc5cccc(Nc6nccs6)n5)CCC(Oc5cccc(Cl)c5F)CC4)cccc3C2=O)C(=O)N1. The number of carbonyl (C=O) groups excluding carboxylic acids is 5. The molecule has 2 aromatic heterocycles. The molecule has 17 nitrogen and oxygen atoms in total. The van der Waals surface area contributed by atoms with Gasteiger partial charge in [0.1, 0.15) is 11.9 Å². The Hall–Kier alpha value is -5.57. The molecular weight excluding hydrogens is 897 g/mol. The Morgan fingerprint density at radius 1 is 0.894 bits per heavy atom. The summed E-state index contributed by atoms with van der Waals surface area (Å²) in [5.74, 6) is -1.41. The van der Waals surface area contributed by atoms with E-state index < -0.39 is 23.2 Å². The molecule has 2 fully saturated rings. The Morgan fingerprint density at radius 3 is 2.33 bits per heavy atom. The lowest BCUT2D eigenvalue weighted by atomic mass is 9.69. The number of thiazole rings is 1. The summed E-state index contributed by atoms with van der Waals surface area (Å²) in [7, 11) is 0. The molecule has 4 N–H and O–H groups in total. The van der Waals surface area contributed by atoms with E-state index in [4.69, 9.17) is 40.3 Å². The number of nitrogens with one attached hydrogen (secondary N) is 4. The minimum Gasteiger partial charge on any atom is -0.487 e. The van der Waals surface area contributed by atoms with Gasteiger partial charge in [-0.3, -0.25) is 29.3 Å². The van der Waals surface area contributed by atoms with E-state index in [1.807, 2.05) is 23.6 Å². The summed E-state index contributed by atoms with van der Waals surface area (Å²) < 4.78 is 43.1. The fourth-order valence-corrected chi connectivity index (χ4v) is 8.86. The molecule has 0 spiro atoms. The highest BCUT2D eigenvalue weighted by Crippen LogP contribution is 2.41. The molecule has 352 valence electrons. The van der Waals surface area contributed by atoms with Crippen LogP contribution in [-0.4, -0.2) is 116 Å². The number of carbonyl (C=O) groups is 5. The van der Waals surface area contributed by atoms with E-state index in [2.05, 4.69) is 26.3 Å². The van der Waals surface area contributed by atoms with Crippen LogP contribution in [0.3, 0.4) is 0 Å². The molecule has 2 aliphatic heterocycles. The second-order valence-corrected chi connectivity index (χ2v) is 17.3. The zero-order valence-electron chi connectivity index (χ0n) is 36.3. The van der Waals surface area contributed by atoms with Crippen LogP contribution >= 0.6 is 22.9 Å². The number of hydrogen-bond acceptors (Lipinski definition) is 14. The van der Waals surface area contributed by atoms with Crippen molar-refractivity contribution in [2.75, 3.05) is 70.0 Å². The molecule has 2 aromatic carbocycles.